The molecule has 1 aliphatic rings. The molecule has 2 rings (SSSR count). The highest BCUT2D eigenvalue weighted by atomic mass is 15.0. The van der Waals surface area contributed by atoms with E-state index in [0.29, 0.717) is 12.1 Å². The Bertz CT molecular complexity index is 315. The van der Waals surface area contributed by atoms with E-state index in [1.54, 1.807) is 0 Å². The van der Waals surface area contributed by atoms with Crippen LogP contribution in [0.1, 0.15) is 44.1 Å². The van der Waals surface area contributed by atoms with Crippen molar-refractivity contribution in [3.05, 3.63) is 35.9 Å². The molecule has 1 saturated carbocycles. The van der Waals surface area contributed by atoms with Crippen LogP contribution in [0.5, 0.6) is 0 Å². The van der Waals surface area contributed by atoms with Crippen LogP contribution in [-0.2, 0) is 6.42 Å². The summed E-state index contributed by atoms with van der Waals surface area (Å²) in [6, 6.07) is 11.8. The quantitative estimate of drug-likeness (QED) is 0.784. The van der Waals surface area contributed by atoms with E-state index >= 15 is 0 Å². The van der Waals surface area contributed by atoms with E-state index < -0.39 is 0 Å². The van der Waals surface area contributed by atoms with Gasteiger partial charge >= 0.3 is 0 Å². The van der Waals surface area contributed by atoms with Gasteiger partial charge < -0.3 is 11.1 Å². The average molecular weight is 246 g/mol. The minimum Gasteiger partial charge on any atom is -0.329 e. The zero-order chi connectivity index (χ0) is 12.6. The van der Waals surface area contributed by atoms with Crippen LogP contribution < -0.4 is 11.1 Å². The Kier molecular flexibility index (Phi) is 5.69. The fraction of sp³-hybridized carbons (Fsp3) is 0.625. The Morgan fingerprint density at radius 1 is 1.06 bits per heavy atom. The van der Waals surface area contributed by atoms with Crippen molar-refractivity contribution in [2.24, 2.45) is 5.73 Å². The van der Waals surface area contributed by atoms with Crippen LogP contribution in [0.3, 0.4) is 0 Å². The maximum Gasteiger partial charge on any atom is 0.0233 e. The number of benzene rings is 1. The maximum atomic E-state index is 5.91. The van der Waals surface area contributed by atoms with Crippen molar-refractivity contribution in [1.29, 1.82) is 0 Å². The molecule has 100 valence electrons. The van der Waals surface area contributed by atoms with Gasteiger partial charge in [-0.1, -0.05) is 56.0 Å². The van der Waals surface area contributed by atoms with Crippen molar-refractivity contribution >= 4 is 0 Å². The highest BCUT2D eigenvalue weighted by Gasteiger charge is 2.16. The first-order valence-corrected chi connectivity index (χ1v) is 7.38. The van der Waals surface area contributed by atoms with Crippen molar-refractivity contribution in [3.8, 4) is 0 Å². The maximum absolute atomic E-state index is 5.91. The molecule has 0 amide bonds. The van der Waals surface area contributed by atoms with Gasteiger partial charge in [-0.25, -0.2) is 0 Å². The van der Waals surface area contributed by atoms with E-state index in [-0.39, 0.29) is 0 Å². The Morgan fingerprint density at radius 2 is 1.72 bits per heavy atom. The van der Waals surface area contributed by atoms with Crippen LogP contribution in [-0.4, -0.2) is 18.6 Å². The van der Waals surface area contributed by atoms with Crippen LogP contribution in [0.15, 0.2) is 30.3 Å². The van der Waals surface area contributed by atoms with Crippen LogP contribution in [0.4, 0.5) is 0 Å². The summed E-state index contributed by atoms with van der Waals surface area (Å²) in [7, 11) is 0. The van der Waals surface area contributed by atoms with E-state index in [1.165, 1.54) is 44.1 Å². The van der Waals surface area contributed by atoms with Gasteiger partial charge in [-0.3, -0.25) is 0 Å². The van der Waals surface area contributed by atoms with Gasteiger partial charge in [0.25, 0.3) is 0 Å². The highest BCUT2D eigenvalue weighted by Crippen LogP contribution is 2.18. The summed E-state index contributed by atoms with van der Waals surface area (Å²) in [6.07, 6.45) is 9.26. The molecule has 0 saturated heterocycles. The summed E-state index contributed by atoms with van der Waals surface area (Å²) in [4.78, 5) is 0. The lowest BCUT2D eigenvalue weighted by molar-refractivity contribution is 0.394. The zero-order valence-electron chi connectivity index (χ0n) is 11.3. The van der Waals surface area contributed by atoms with Crippen LogP contribution >= 0.6 is 0 Å². The molecule has 2 nitrogen and oxygen atoms in total. The van der Waals surface area contributed by atoms with Gasteiger partial charge in [0.2, 0.25) is 0 Å². The van der Waals surface area contributed by atoms with Gasteiger partial charge in [-0.15, -0.1) is 0 Å². The van der Waals surface area contributed by atoms with Crippen LogP contribution in [0.2, 0.25) is 0 Å². The SMILES string of the molecule is NCC(Cc1ccccc1)NC1CCCCCC1. The highest BCUT2D eigenvalue weighted by molar-refractivity contribution is 5.16. The molecular formula is C16H26N2. The normalized spacial score (nSPS) is 19.4. The summed E-state index contributed by atoms with van der Waals surface area (Å²) in [5.41, 5.74) is 7.30. The van der Waals surface area contributed by atoms with Crippen molar-refractivity contribution in [1.82, 2.24) is 5.32 Å². The summed E-state index contributed by atoms with van der Waals surface area (Å²) < 4.78 is 0. The molecule has 1 fully saturated rings. The predicted molar refractivity (Wildman–Crippen MR) is 77.6 cm³/mol. The van der Waals surface area contributed by atoms with E-state index in [0.717, 1.165) is 13.0 Å². The van der Waals surface area contributed by atoms with E-state index in [1.807, 2.05) is 0 Å². The minimum absolute atomic E-state index is 0.426. The minimum atomic E-state index is 0.426. The standard InChI is InChI=1S/C16H26N2/c17-13-16(12-14-8-4-3-5-9-14)18-15-10-6-1-2-7-11-15/h3-5,8-9,15-16,18H,1-2,6-7,10-13,17H2. The first-order chi connectivity index (χ1) is 8.88. The molecule has 1 aromatic carbocycles. The van der Waals surface area contributed by atoms with Gasteiger partial charge in [0.15, 0.2) is 0 Å². The Hall–Kier alpha value is -0.860. The molecule has 0 heterocycles. The fourth-order valence-corrected chi connectivity index (χ4v) is 2.89. The Morgan fingerprint density at radius 3 is 2.33 bits per heavy atom. The van der Waals surface area contributed by atoms with Crippen LogP contribution in [0.25, 0.3) is 0 Å². The predicted octanol–water partition coefficient (Wildman–Crippen LogP) is 2.87. The van der Waals surface area contributed by atoms with Crippen molar-refractivity contribution in [2.75, 3.05) is 6.54 Å². The van der Waals surface area contributed by atoms with E-state index in [2.05, 4.69) is 35.6 Å². The molecule has 1 atom stereocenters. The molecule has 1 aliphatic carbocycles. The second-order valence-corrected chi connectivity index (χ2v) is 5.48. The van der Waals surface area contributed by atoms with Crippen molar-refractivity contribution in [3.63, 3.8) is 0 Å². The molecule has 0 bridgehead atoms. The average Bonchev–Trinajstić information content (AvgIpc) is 2.68. The molecule has 1 unspecified atom stereocenters. The lowest BCUT2D eigenvalue weighted by atomic mass is 10.0. The van der Waals surface area contributed by atoms with Gasteiger partial charge in [0.05, 0.1) is 0 Å². The number of nitrogens with two attached hydrogens (primary N) is 1. The lowest BCUT2D eigenvalue weighted by Gasteiger charge is -2.24. The summed E-state index contributed by atoms with van der Waals surface area (Å²) >= 11 is 0. The molecule has 0 spiro atoms. The second-order valence-electron chi connectivity index (χ2n) is 5.48. The van der Waals surface area contributed by atoms with Gasteiger partial charge in [-0.2, -0.15) is 0 Å². The lowest BCUT2D eigenvalue weighted by Crippen LogP contribution is -2.44. The molecular weight excluding hydrogens is 220 g/mol. The third-order valence-corrected chi connectivity index (χ3v) is 3.94. The van der Waals surface area contributed by atoms with Crippen molar-refractivity contribution in [2.45, 2.75) is 57.0 Å². The number of hydrogen-bond acceptors (Lipinski definition) is 2. The molecule has 1 aromatic rings. The van der Waals surface area contributed by atoms with Gasteiger partial charge in [-0.05, 0) is 24.8 Å². The topological polar surface area (TPSA) is 38.0 Å². The smallest absolute Gasteiger partial charge is 0.0233 e. The van der Waals surface area contributed by atoms with Crippen molar-refractivity contribution < 1.29 is 0 Å². The Balaban J connectivity index is 1.84. The largest absolute Gasteiger partial charge is 0.329 e. The first kappa shape index (κ1) is 13.6. The first-order valence-electron chi connectivity index (χ1n) is 7.38. The summed E-state index contributed by atoms with van der Waals surface area (Å²) in [5, 5.41) is 3.77. The summed E-state index contributed by atoms with van der Waals surface area (Å²) in [6.45, 7) is 0.728. The van der Waals surface area contributed by atoms with Gasteiger partial charge in [0, 0.05) is 18.6 Å². The molecule has 2 heteroatoms. The second kappa shape index (κ2) is 7.55. The molecule has 0 radical (unpaired) electrons. The molecule has 3 N–H and O–H groups in total. The molecule has 0 aromatic heterocycles. The number of nitrogens with one attached hydrogen (secondary N) is 1. The van der Waals surface area contributed by atoms with E-state index in [4.69, 9.17) is 5.73 Å². The number of hydrogen-bond donors (Lipinski definition) is 2. The Labute approximate surface area is 111 Å². The molecule has 18 heavy (non-hydrogen) atoms. The summed E-state index contributed by atoms with van der Waals surface area (Å²) in [5.74, 6) is 0. The van der Waals surface area contributed by atoms with Gasteiger partial charge in [0.1, 0.15) is 0 Å². The third-order valence-electron chi connectivity index (χ3n) is 3.94. The third kappa shape index (κ3) is 4.43. The molecule has 0 aliphatic heterocycles. The number of rotatable bonds is 5. The zero-order valence-corrected chi connectivity index (χ0v) is 11.3. The monoisotopic (exact) mass is 246 g/mol. The fourth-order valence-electron chi connectivity index (χ4n) is 2.89. The van der Waals surface area contributed by atoms with Crippen LogP contribution in [0, 0.1) is 0 Å². The van der Waals surface area contributed by atoms with E-state index in [9.17, 15) is 0 Å².